The van der Waals surface area contributed by atoms with Gasteiger partial charge in [0.1, 0.15) is 9.79 Å². The van der Waals surface area contributed by atoms with E-state index >= 15 is 0 Å². The van der Waals surface area contributed by atoms with Crippen LogP contribution >= 0.6 is 0 Å². The normalized spacial score (nSPS) is 12.1. The van der Waals surface area contributed by atoms with E-state index in [4.69, 9.17) is 14.8 Å². The average Bonchev–Trinajstić information content (AvgIpc) is 2.24. The summed E-state index contributed by atoms with van der Waals surface area (Å²) in [6, 6.07) is 6.02. The van der Waals surface area contributed by atoms with Crippen LogP contribution < -0.4 is 35.3 Å². The number of rotatable bonds is 2. The molecule has 0 aliphatic heterocycles. The van der Waals surface area contributed by atoms with Crippen molar-refractivity contribution in [3.05, 3.63) is 30.3 Å². The second-order valence-corrected chi connectivity index (χ2v) is 6.53. The fourth-order valence-electron chi connectivity index (χ4n) is 1.83. The van der Waals surface area contributed by atoms with Gasteiger partial charge in [0.2, 0.25) is 0 Å². The summed E-state index contributed by atoms with van der Waals surface area (Å²) >= 11 is 0. The minimum absolute atomic E-state index is 0. The summed E-state index contributed by atoms with van der Waals surface area (Å²) in [5, 5.41) is -0.135. The van der Waals surface area contributed by atoms with Crippen LogP contribution in [0, 0.1) is 0 Å². The minimum atomic E-state index is -4.62. The van der Waals surface area contributed by atoms with Gasteiger partial charge in [-0.1, -0.05) is 18.2 Å². The molecule has 0 aliphatic rings. The van der Waals surface area contributed by atoms with Crippen LogP contribution in [0.2, 0.25) is 0 Å². The zero-order chi connectivity index (χ0) is 14.4. The zero-order valence-corrected chi connectivity index (χ0v) is 13.9. The van der Waals surface area contributed by atoms with Crippen LogP contribution in [0.15, 0.2) is 40.1 Å². The molecule has 0 saturated carbocycles. The van der Waals surface area contributed by atoms with E-state index in [-0.39, 0.29) is 47.4 Å². The number of benzene rings is 2. The average molecular weight is 327 g/mol. The van der Waals surface area contributed by atoms with Gasteiger partial charge in [0, 0.05) is 10.8 Å². The number of nitrogens with two attached hydrogens (primary N) is 1. The molecule has 0 amide bonds. The third-order valence-electron chi connectivity index (χ3n) is 2.54. The van der Waals surface area contributed by atoms with Gasteiger partial charge in [-0.3, -0.25) is 9.11 Å². The summed E-state index contributed by atoms with van der Waals surface area (Å²) in [4.78, 5) is -1.05. The molecule has 0 aliphatic carbocycles. The maximum Gasteiger partial charge on any atom is 1.00 e. The molecule has 7 nitrogen and oxygen atoms in total. The molecule has 20 heavy (non-hydrogen) atoms. The van der Waals surface area contributed by atoms with Gasteiger partial charge in [0.15, 0.2) is 0 Å². The summed E-state index contributed by atoms with van der Waals surface area (Å²) < 4.78 is 63.2. The topological polar surface area (TPSA) is 135 Å². The van der Waals surface area contributed by atoms with Crippen molar-refractivity contribution >= 4 is 36.7 Å². The van der Waals surface area contributed by atoms with E-state index < -0.39 is 30.0 Å². The first-order chi connectivity index (χ1) is 8.62. The Morgan fingerprint density at radius 1 is 0.900 bits per heavy atom. The van der Waals surface area contributed by atoms with Gasteiger partial charge in [-0.25, -0.2) is 0 Å². The van der Waals surface area contributed by atoms with E-state index in [0.717, 1.165) is 12.1 Å². The molecule has 0 atom stereocenters. The molecular weight excluding hydrogens is 317 g/mol. The van der Waals surface area contributed by atoms with E-state index in [9.17, 15) is 16.8 Å². The second kappa shape index (κ2) is 5.60. The van der Waals surface area contributed by atoms with Crippen molar-refractivity contribution in [2.24, 2.45) is 0 Å². The fourth-order valence-corrected chi connectivity index (χ4v) is 3.36. The fraction of sp³-hybridized carbons (Fsp3) is 0. The molecule has 2 aromatic rings. The predicted molar refractivity (Wildman–Crippen MR) is 69.1 cm³/mol. The molecule has 104 valence electrons. The Hall–Kier alpha value is -0.680. The molecule has 4 N–H and O–H groups in total. The first-order valence-electron chi connectivity index (χ1n) is 4.88. The molecule has 0 spiro atoms. The molecule has 2 rings (SSSR count). The van der Waals surface area contributed by atoms with Crippen molar-refractivity contribution in [1.29, 1.82) is 0 Å². The molecule has 0 heterocycles. The van der Waals surface area contributed by atoms with Crippen molar-refractivity contribution in [1.82, 2.24) is 0 Å². The molecular formula is C10H10NNaO6S2. The number of fused-ring (bicyclic) bond motifs is 1. The Kier molecular flexibility index (Phi) is 4.87. The van der Waals surface area contributed by atoms with Gasteiger partial charge in [0.25, 0.3) is 20.2 Å². The molecule has 2 aromatic carbocycles. The summed E-state index contributed by atoms with van der Waals surface area (Å²) in [5.41, 5.74) is 5.26. The largest absolute Gasteiger partial charge is 1.00 e. The minimum Gasteiger partial charge on any atom is -1.00 e. The zero-order valence-electron chi connectivity index (χ0n) is 11.3. The Labute approximate surface area is 139 Å². The van der Waals surface area contributed by atoms with Gasteiger partial charge >= 0.3 is 29.6 Å². The summed E-state index contributed by atoms with van der Waals surface area (Å²) in [6.07, 6.45) is 0. The Morgan fingerprint density at radius 3 is 2.00 bits per heavy atom. The van der Waals surface area contributed by atoms with Crippen LogP contribution in [0.3, 0.4) is 0 Å². The number of nitrogen functional groups attached to an aromatic ring is 1. The summed E-state index contributed by atoms with van der Waals surface area (Å²) in [7, 11) is -9.15. The quantitative estimate of drug-likeness (QED) is 0.331. The van der Waals surface area contributed by atoms with E-state index in [1.807, 2.05) is 0 Å². The second-order valence-electron chi connectivity index (χ2n) is 3.79. The molecule has 0 radical (unpaired) electrons. The third kappa shape index (κ3) is 3.14. The van der Waals surface area contributed by atoms with Crippen molar-refractivity contribution in [3.63, 3.8) is 0 Å². The molecule has 10 heteroatoms. The van der Waals surface area contributed by atoms with Crippen LogP contribution in [-0.2, 0) is 20.2 Å². The Balaban J connectivity index is 0.00000200. The predicted octanol–water partition coefficient (Wildman–Crippen LogP) is -1.97. The van der Waals surface area contributed by atoms with Gasteiger partial charge in [-0.15, -0.1) is 0 Å². The molecule has 0 aromatic heterocycles. The monoisotopic (exact) mass is 327 g/mol. The summed E-state index contributed by atoms with van der Waals surface area (Å²) in [6.45, 7) is 0. The number of anilines is 1. The van der Waals surface area contributed by atoms with Crippen molar-refractivity contribution in [3.8, 4) is 0 Å². The maximum absolute atomic E-state index is 11.3. The van der Waals surface area contributed by atoms with Crippen LogP contribution in [0.25, 0.3) is 10.8 Å². The van der Waals surface area contributed by atoms with Gasteiger partial charge in [-0.05, 0) is 12.1 Å². The van der Waals surface area contributed by atoms with Crippen LogP contribution in [-0.4, -0.2) is 25.9 Å². The van der Waals surface area contributed by atoms with Crippen LogP contribution in [0.4, 0.5) is 5.69 Å². The molecule has 0 fully saturated rings. The number of hydrogen-bond donors (Lipinski definition) is 3. The standard InChI is InChI=1S/C10H9NO6S2.Na.H/c11-8-5-4-6-7(10(8)19(15,16)17)2-1-3-9(6)18(12,13)14;;/h1-5H,11H2,(H,12,13,14)(H,15,16,17);;/q;+1;-1. The SMILES string of the molecule is Nc1ccc2c(S(=O)(=O)O)cccc2c1S(=O)(=O)O.[H-].[Na+]. The van der Waals surface area contributed by atoms with E-state index in [2.05, 4.69) is 0 Å². The molecule has 0 saturated heterocycles. The van der Waals surface area contributed by atoms with Gasteiger partial charge in [0.05, 0.1) is 5.69 Å². The first kappa shape index (κ1) is 17.4. The molecule has 0 bridgehead atoms. The van der Waals surface area contributed by atoms with Crippen molar-refractivity contribution < 1.29 is 56.9 Å². The molecule has 0 unspecified atom stereocenters. The van der Waals surface area contributed by atoms with E-state index in [0.29, 0.717) is 0 Å². The van der Waals surface area contributed by atoms with Crippen LogP contribution in [0.5, 0.6) is 0 Å². The first-order valence-corrected chi connectivity index (χ1v) is 7.76. The summed E-state index contributed by atoms with van der Waals surface area (Å²) in [5.74, 6) is 0. The third-order valence-corrected chi connectivity index (χ3v) is 4.42. The van der Waals surface area contributed by atoms with Gasteiger partial charge in [-0.2, -0.15) is 16.8 Å². The van der Waals surface area contributed by atoms with Crippen LogP contribution in [0.1, 0.15) is 1.43 Å². The maximum atomic E-state index is 11.3. The van der Waals surface area contributed by atoms with Crippen molar-refractivity contribution in [2.45, 2.75) is 9.79 Å². The smallest absolute Gasteiger partial charge is 1.00 e. The van der Waals surface area contributed by atoms with Crippen molar-refractivity contribution in [2.75, 3.05) is 5.73 Å². The van der Waals surface area contributed by atoms with Gasteiger partial charge < -0.3 is 7.16 Å². The van der Waals surface area contributed by atoms with E-state index in [1.54, 1.807) is 0 Å². The van der Waals surface area contributed by atoms with E-state index in [1.165, 1.54) is 18.2 Å². The Morgan fingerprint density at radius 2 is 1.50 bits per heavy atom. The Bertz CT molecular complexity index is 882. The number of hydrogen-bond acceptors (Lipinski definition) is 5.